The van der Waals surface area contributed by atoms with E-state index < -0.39 is 30.9 Å². The Balaban J connectivity index is 0.000000776. The Hall–Kier alpha value is -4.22. The first-order valence-electron chi connectivity index (χ1n) is 14.1. The fourth-order valence-corrected chi connectivity index (χ4v) is 5.14. The van der Waals surface area contributed by atoms with Gasteiger partial charge in [0.25, 0.3) is 6.43 Å². The van der Waals surface area contributed by atoms with E-state index in [1.54, 1.807) is 18.3 Å². The number of benzene rings is 1. The van der Waals surface area contributed by atoms with Gasteiger partial charge in [-0.2, -0.15) is 13.9 Å². The van der Waals surface area contributed by atoms with Gasteiger partial charge in [-0.05, 0) is 30.5 Å². The minimum atomic E-state index is -3.17. The standard InChI is InChI=1S/C27H23F4N7O3.C3H5F.HI.H2/c1-36-12-18(25(35-36)41-27(30)31)19-17-8-5-9-37(10-15-6-3-2-4-7-15)24(17)33-21(19)20-22(23(28)29)34-38-11-16(32-14-39)13-40-26(20)38;4-3-1-2-3;;/h2-9,12,14,16,23,27H,10-11,13H2,1H3,(H,32,39);3H,1-2H2;2*1H/t16-;;;/m0.../s1. The van der Waals surface area contributed by atoms with Crippen LogP contribution in [0.2, 0.25) is 0 Å². The molecule has 3 aliphatic heterocycles. The summed E-state index contributed by atoms with van der Waals surface area (Å²) in [6.45, 7) is -2.67. The first-order chi connectivity index (χ1) is 21.7. The summed E-state index contributed by atoms with van der Waals surface area (Å²) in [4.78, 5) is 15.8. The lowest BCUT2D eigenvalue weighted by Gasteiger charge is -2.24. The van der Waals surface area contributed by atoms with Gasteiger partial charge < -0.3 is 19.4 Å². The van der Waals surface area contributed by atoms with Crippen LogP contribution in [0.15, 0.2) is 54.9 Å². The minimum absolute atomic E-state index is 0. The summed E-state index contributed by atoms with van der Waals surface area (Å²) < 4.78 is 81.8. The summed E-state index contributed by atoms with van der Waals surface area (Å²) in [5, 5.41) is 10.7. The second-order valence-electron chi connectivity index (χ2n) is 10.6. The van der Waals surface area contributed by atoms with E-state index in [4.69, 9.17) is 14.5 Å². The second-order valence-corrected chi connectivity index (χ2v) is 10.6. The lowest BCUT2D eigenvalue weighted by Crippen LogP contribution is -2.41. The Morgan fingerprint density at radius 3 is 2.48 bits per heavy atom. The van der Waals surface area contributed by atoms with E-state index in [2.05, 4.69) is 15.5 Å². The number of nitrogens with one attached hydrogen (secondary N) is 1. The maximum atomic E-state index is 14.5. The van der Waals surface area contributed by atoms with Crippen molar-refractivity contribution in [3.63, 3.8) is 0 Å². The Morgan fingerprint density at radius 2 is 1.83 bits per heavy atom. The van der Waals surface area contributed by atoms with Crippen molar-refractivity contribution in [1.82, 2.24) is 34.4 Å². The Bertz CT molecular complexity index is 1760. The molecule has 1 aromatic carbocycles. The van der Waals surface area contributed by atoms with Gasteiger partial charge in [0.2, 0.25) is 18.2 Å². The zero-order valence-electron chi connectivity index (χ0n) is 24.3. The molecule has 4 aliphatic rings. The molecule has 16 heteroatoms. The molecular formula is C30H31F5IN7O3. The summed E-state index contributed by atoms with van der Waals surface area (Å²) >= 11 is 0. The molecule has 1 atom stereocenters. The van der Waals surface area contributed by atoms with Crippen molar-refractivity contribution < 1.29 is 37.6 Å². The fraction of sp³-hybridized carbons (Fsp3) is 0.333. The second kappa shape index (κ2) is 14.0. The van der Waals surface area contributed by atoms with E-state index in [0.29, 0.717) is 24.3 Å². The first kappa shape index (κ1) is 33.2. The highest BCUT2D eigenvalue weighted by molar-refractivity contribution is 14.0. The predicted octanol–water partition coefficient (Wildman–Crippen LogP) is 6.33. The van der Waals surface area contributed by atoms with Gasteiger partial charge in [-0.1, -0.05) is 30.3 Å². The molecule has 1 saturated carbocycles. The van der Waals surface area contributed by atoms with Crippen molar-refractivity contribution in [2.75, 3.05) is 6.61 Å². The summed E-state index contributed by atoms with van der Waals surface area (Å²) in [7, 11) is 1.53. The van der Waals surface area contributed by atoms with Crippen LogP contribution >= 0.6 is 24.0 Å². The number of aryl methyl sites for hydroxylation is 1. The van der Waals surface area contributed by atoms with Gasteiger partial charge in [-0.3, -0.25) is 9.48 Å². The van der Waals surface area contributed by atoms with Gasteiger partial charge in [-0.25, -0.2) is 22.8 Å². The van der Waals surface area contributed by atoms with Crippen LogP contribution in [0.3, 0.4) is 0 Å². The van der Waals surface area contributed by atoms with Crippen LogP contribution < -0.4 is 14.8 Å². The Labute approximate surface area is 278 Å². The number of pyridine rings is 1. The van der Waals surface area contributed by atoms with Gasteiger partial charge in [0, 0.05) is 38.5 Å². The minimum Gasteiger partial charge on any atom is -0.475 e. The number of alkyl halides is 5. The van der Waals surface area contributed by atoms with Crippen molar-refractivity contribution in [2.24, 2.45) is 7.05 Å². The molecule has 1 fully saturated rings. The normalized spacial score (nSPS) is 15.5. The number of hydrogen-bond donors (Lipinski definition) is 1. The molecule has 0 bridgehead atoms. The van der Waals surface area contributed by atoms with E-state index >= 15 is 0 Å². The lowest BCUT2D eigenvalue weighted by molar-refractivity contribution is -0.110. The van der Waals surface area contributed by atoms with Crippen LogP contribution in [-0.4, -0.2) is 61.0 Å². The monoisotopic (exact) mass is 759 g/mol. The van der Waals surface area contributed by atoms with Gasteiger partial charge in [0.05, 0.1) is 29.4 Å². The number of ether oxygens (including phenoxy) is 2. The number of hydrogen-bond acceptors (Lipinski definition) is 6. The number of nitrogens with zero attached hydrogens (tertiary/aromatic N) is 6. The highest BCUT2D eigenvalue weighted by Gasteiger charge is 2.36. The molecule has 46 heavy (non-hydrogen) atoms. The summed E-state index contributed by atoms with van der Waals surface area (Å²) in [6.07, 6.45) is 1.97. The third-order valence-corrected chi connectivity index (χ3v) is 7.23. The number of fused-ring (bicyclic) bond motifs is 2. The summed E-state index contributed by atoms with van der Waals surface area (Å²) in [5.41, 5.74) is 1.26. The number of carbonyl (C=O) groups is 1. The van der Waals surface area contributed by atoms with E-state index in [1.807, 2.05) is 34.9 Å². The van der Waals surface area contributed by atoms with Crippen LogP contribution in [-0.2, 0) is 24.9 Å². The number of carbonyl (C=O) groups excluding carboxylic acids is 1. The zero-order valence-corrected chi connectivity index (χ0v) is 26.7. The molecule has 246 valence electrons. The van der Waals surface area contributed by atoms with E-state index in [9.17, 15) is 26.7 Å². The van der Waals surface area contributed by atoms with Crippen molar-refractivity contribution >= 4 is 30.4 Å². The van der Waals surface area contributed by atoms with Gasteiger partial charge in [0.1, 0.15) is 24.3 Å². The number of amides is 1. The van der Waals surface area contributed by atoms with Crippen LogP contribution in [0.4, 0.5) is 22.0 Å². The van der Waals surface area contributed by atoms with Crippen LogP contribution in [0.5, 0.6) is 11.8 Å². The SMILES string of the molecule is Cn1cc(-c2c3cccn(Cc4ccccc4)c-3nc2-c2c(C(F)F)nn3c2OC[C@@H](NC=O)C3)c(OC(F)F)n1.FC1CC1.I.[HH]. The van der Waals surface area contributed by atoms with Crippen molar-refractivity contribution in [1.29, 1.82) is 0 Å². The number of halogens is 6. The average molecular weight is 760 g/mol. The molecule has 1 amide bonds. The number of rotatable bonds is 9. The van der Waals surface area contributed by atoms with Crippen molar-refractivity contribution in [2.45, 2.75) is 51.2 Å². The molecule has 0 radical (unpaired) electrons. The maximum absolute atomic E-state index is 14.5. The van der Waals surface area contributed by atoms with Crippen molar-refractivity contribution in [3.05, 3.63) is 66.1 Å². The smallest absolute Gasteiger partial charge is 0.388 e. The van der Waals surface area contributed by atoms with Crippen LogP contribution in [0.25, 0.3) is 33.8 Å². The van der Waals surface area contributed by atoms with E-state index in [-0.39, 0.29) is 72.7 Å². The fourth-order valence-electron chi connectivity index (χ4n) is 5.14. The lowest BCUT2D eigenvalue weighted by atomic mass is 9.98. The van der Waals surface area contributed by atoms with Crippen molar-refractivity contribution in [3.8, 4) is 45.5 Å². The van der Waals surface area contributed by atoms with Crippen LogP contribution in [0, 0.1) is 0 Å². The predicted molar refractivity (Wildman–Crippen MR) is 170 cm³/mol. The van der Waals surface area contributed by atoms with E-state index in [1.165, 1.54) is 22.6 Å². The van der Waals surface area contributed by atoms with Gasteiger partial charge in [-0.15, -0.1) is 29.1 Å². The van der Waals surface area contributed by atoms with E-state index in [0.717, 1.165) is 18.4 Å². The van der Waals surface area contributed by atoms with Gasteiger partial charge in [0.15, 0.2) is 0 Å². The third-order valence-electron chi connectivity index (χ3n) is 7.23. The molecule has 0 unspecified atom stereocenters. The highest BCUT2D eigenvalue weighted by atomic mass is 127. The third kappa shape index (κ3) is 6.95. The molecule has 3 aromatic rings. The molecular weight excluding hydrogens is 728 g/mol. The molecule has 1 N–H and O–H groups in total. The average Bonchev–Trinajstić information content (AvgIpc) is 3.39. The van der Waals surface area contributed by atoms with Crippen LogP contribution in [0.1, 0.15) is 32.0 Å². The Morgan fingerprint density at radius 1 is 1.09 bits per heavy atom. The molecule has 7 rings (SSSR count). The quantitative estimate of drug-likeness (QED) is 0.107. The zero-order chi connectivity index (χ0) is 31.7. The number of aromatic nitrogens is 6. The highest BCUT2D eigenvalue weighted by Crippen LogP contribution is 2.49. The molecule has 1 aliphatic carbocycles. The Kier molecular flexibility index (Phi) is 10.1. The summed E-state index contributed by atoms with van der Waals surface area (Å²) in [5.74, 6) is 0.0696. The molecule has 5 heterocycles. The molecule has 0 spiro atoms. The molecule has 2 aromatic heterocycles. The first-order valence-corrected chi connectivity index (χ1v) is 14.1. The van der Waals surface area contributed by atoms with Gasteiger partial charge >= 0.3 is 6.61 Å². The molecule has 10 nitrogen and oxygen atoms in total. The largest absolute Gasteiger partial charge is 0.475 e. The summed E-state index contributed by atoms with van der Waals surface area (Å²) in [6, 6.07) is 12.6. The topological polar surface area (TPSA) is 101 Å². The molecule has 0 saturated heterocycles. The maximum Gasteiger partial charge on any atom is 0.388 e.